The van der Waals surface area contributed by atoms with Gasteiger partial charge in [-0.05, 0) is 19.3 Å². The maximum absolute atomic E-state index is 12.3. The smallest absolute Gasteiger partial charge is 0.328 e. The monoisotopic (exact) mass is 403 g/mol. The van der Waals surface area contributed by atoms with Crippen LogP contribution in [0.5, 0.6) is 0 Å². The van der Waals surface area contributed by atoms with E-state index in [0.717, 1.165) is 0 Å². The van der Waals surface area contributed by atoms with E-state index >= 15 is 0 Å². The topological polar surface area (TPSA) is 214 Å². The minimum Gasteiger partial charge on any atom is -0.480 e. The Bertz CT molecular complexity index is 594. The Balaban J connectivity index is 4.74. The van der Waals surface area contributed by atoms with Gasteiger partial charge in [-0.2, -0.15) is 0 Å². The van der Waals surface area contributed by atoms with Gasteiger partial charge < -0.3 is 37.6 Å². The number of aliphatic hydroxyl groups is 1. The summed E-state index contributed by atoms with van der Waals surface area (Å²) < 4.78 is 0. The van der Waals surface area contributed by atoms with Gasteiger partial charge in [0.15, 0.2) is 6.04 Å². The van der Waals surface area contributed by atoms with Crippen molar-refractivity contribution in [1.29, 1.82) is 0 Å². The van der Waals surface area contributed by atoms with Gasteiger partial charge >= 0.3 is 5.97 Å². The third-order valence-corrected chi connectivity index (χ3v) is 3.77. The van der Waals surface area contributed by atoms with Crippen molar-refractivity contribution < 1.29 is 34.2 Å². The molecule has 0 aromatic rings. The van der Waals surface area contributed by atoms with E-state index < -0.39 is 60.4 Å². The van der Waals surface area contributed by atoms with Crippen LogP contribution in [-0.4, -0.2) is 70.6 Å². The number of primary amides is 1. The van der Waals surface area contributed by atoms with Crippen molar-refractivity contribution in [3.05, 3.63) is 0 Å². The number of carbonyl (C=O) groups is 5. The van der Waals surface area contributed by atoms with Crippen LogP contribution in [0.2, 0.25) is 0 Å². The molecule has 0 saturated carbocycles. The minimum atomic E-state index is -1.52. The van der Waals surface area contributed by atoms with E-state index in [-0.39, 0.29) is 18.8 Å². The number of nitrogens with one attached hydrogen (secondary N) is 3. The molecule has 12 heteroatoms. The number of aliphatic hydroxyl groups excluding tert-OH is 1. The molecule has 4 amide bonds. The Labute approximate surface area is 162 Å². The highest BCUT2D eigenvalue weighted by Crippen LogP contribution is 2.04. The van der Waals surface area contributed by atoms with Crippen molar-refractivity contribution in [1.82, 2.24) is 16.0 Å². The molecule has 0 saturated heterocycles. The average molecular weight is 403 g/mol. The normalized spacial score (nSPS) is 15.1. The molecule has 160 valence electrons. The van der Waals surface area contributed by atoms with Gasteiger partial charge in [-0.25, -0.2) is 4.79 Å². The zero-order chi connectivity index (χ0) is 22.0. The molecule has 0 fully saturated rings. The van der Waals surface area contributed by atoms with Crippen LogP contribution >= 0.6 is 0 Å². The molecule has 0 aliphatic heterocycles. The summed E-state index contributed by atoms with van der Waals surface area (Å²) in [4.78, 5) is 57.8. The number of carboxylic acid groups (broad SMARTS) is 1. The van der Waals surface area contributed by atoms with E-state index in [0.29, 0.717) is 0 Å². The van der Waals surface area contributed by atoms with Gasteiger partial charge in [0.05, 0.1) is 18.7 Å². The lowest BCUT2D eigenvalue weighted by Gasteiger charge is -2.23. The highest BCUT2D eigenvalue weighted by Gasteiger charge is 2.28. The molecule has 0 aromatic heterocycles. The van der Waals surface area contributed by atoms with Crippen molar-refractivity contribution in [2.75, 3.05) is 6.54 Å². The van der Waals surface area contributed by atoms with Gasteiger partial charge in [-0.15, -0.1) is 0 Å². The highest BCUT2D eigenvalue weighted by atomic mass is 16.4. The minimum absolute atomic E-state index is 0.0198. The molecule has 0 bridgehead atoms. The van der Waals surface area contributed by atoms with Gasteiger partial charge in [0.25, 0.3) is 0 Å². The summed E-state index contributed by atoms with van der Waals surface area (Å²) in [7, 11) is 0. The predicted molar refractivity (Wildman–Crippen MR) is 97.4 cm³/mol. The lowest BCUT2D eigenvalue weighted by Crippen LogP contribution is -2.56. The standard InChI is InChI=1S/C16H29N5O7/c1-7(2)12(21-14(25)9(17)4-5-10(18)23)15(26)19-6-11(24)20-13(8(3)22)16(27)28/h7-9,12-13,22H,4-6,17H2,1-3H3,(H2,18,23)(H,19,26)(H,20,24)(H,21,25)(H,27,28). The first-order valence-corrected chi connectivity index (χ1v) is 8.69. The molecule has 9 N–H and O–H groups in total. The Hall–Kier alpha value is -2.73. The second kappa shape index (κ2) is 11.9. The van der Waals surface area contributed by atoms with Gasteiger partial charge in [-0.3, -0.25) is 19.2 Å². The van der Waals surface area contributed by atoms with E-state index in [9.17, 15) is 29.1 Å². The first kappa shape index (κ1) is 25.3. The van der Waals surface area contributed by atoms with Crippen molar-refractivity contribution in [3.63, 3.8) is 0 Å². The van der Waals surface area contributed by atoms with Crippen LogP contribution in [0.1, 0.15) is 33.6 Å². The summed E-state index contributed by atoms with van der Waals surface area (Å²) in [6.45, 7) is 3.96. The molecule has 0 aliphatic carbocycles. The third kappa shape index (κ3) is 9.28. The first-order valence-electron chi connectivity index (χ1n) is 8.69. The van der Waals surface area contributed by atoms with E-state index in [2.05, 4.69) is 16.0 Å². The zero-order valence-electron chi connectivity index (χ0n) is 16.1. The van der Waals surface area contributed by atoms with E-state index in [1.165, 1.54) is 6.92 Å². The van der Waals surface area contributed by atoms with E-state index in [1.807, 2.05) is 0 Å². The fourth-order valence-corrected chi connectivity index (χ4v) is 2.11. The Kier molecular flexibility index (Phi) is 10.7. The quantitative estimate of drug-likeness (QED) is 0.175. The summed E-state index contributed by atoms with van der Waals surface area (Å²) in [6.07, 6.45) is -1.39. The van der Waals surface area contributed by atoms with Crippen LogP contribution in [0.3, 0.4) is 0 Å². The van der Waals surface area contributed by atoms with Crippen LogP contribution in [-0.2, 0) is 24.0 Å². The number of hydrogen-bond acceptors (Lipinski definition) is 7. The lowest BCUT2D eigenvalue weighted by atomic mass is 10.0. The predicted octanol–water partition coefficient (Wildman–Crippen LogP) is -3.21. The Morgan fingerprint density at radius 3 is 1.96 bits per heavy atom. The Morgan fingerprint density at radius 2 is 1.54 bits per heavy atom. The summed E-state index contributed by atoms with van der Waals surface area (Å²) in [5.74, 6) is -4.53. The second-order valence-corrected chi connectivity index (χ2v) is 6.68. The van der Waals surface area contributed by atoms with Crippen LogP contribution in [0.15, 0.2) is 0 Å². The van der Waals surface area contributed by atoms with Crippen molar-refractivity contribution in [2.45, 2.75) is 57.8 Å². The van der Waals surface area contributed by atoms with Crippen molar-refractivity contribution in [3.8, 4) is 0 Å². The molecule has 0 rings (SSSR count). The average Bonchev–Trinajstić information content (AvgIpc) is 2.58. The number of carboxylic acids is 1. The maximum Gasteiger partial charge on any atom is 0.328 e. The summed E-state index contributed by atoms with van der Waals surface area (Å²) >= 11 is 0. The number of rotatable bonds is 12. The van der Waals surface area contributed by atoms with Crippen LogP contribution < -0.4 is 27.4 Å². The first-order chi connectivity index (χ1) is 12.9. The molecule has 0 heterocycles. The molecule has 0 aromatic carbocycles. The van der Waals surface area contributed by atoms with Crippen LogP contribution in [0, 0.1) is 5.92 Å². The van der Waals surface area contributed by atoms with Gasteiger partial charge in [0, 0.05) is 6.42 Å². The fourth-order valence-electron chi connectivity index (χ4n) is 2.11. The lowest BCUT2D eigenvalue weighted by molar-refractivity contribution is -0.144. The second-order valence-electron chi connectivity index (χ2n) is 6.68. The van der Waals surface area contributed by atoms with Gasteiger partial charge in [0.2, 0.25) is 23.6 Å². The maximum atomic E-state index is 12.3. The zero-order valence-corrected chi connectivity index (χ0v) is 16.1. The number of aliphatic carboxylic acids is 1. The molecule has 0 aliphatic rings. The molecule has 12 nitrogen and oxygen atoms in total. The van der Waals surface area contributed by atoms with Gasteiger partial charge in [-0.1, -0.05) is 13.8 Å². The SMILES string of the molecule is CC(C)C(NC(=O)C(N)CCC(N)=O)C(=O)NCC(=O)NC(C(=O)O)C(C)O. The Morgan fingerprint density at radius 1 is 0.964 bits per heavy atom. The molecule has 28 heavy (non-hydrogen) atoms. The van der Waals surface area contributed by atoms with Crippen molar-refractivity contribution in [2.24, 2.45) is 17.4 Å². The molecule has 4 unspecified atom stereocenters. The van der Waals surface area contributed by atoms with E-state index in [4.69, 9.17) is 16.6 Å². The molecule has 0 radical (unpaired) electrons. The van der Waals surface area contributed by atoms with Crippen LogP contribution in [0.25, 0.3) is 0 Å². The van der Waals surface area contributed by atoms with Crippen LogP contribution in [0.4, 0.5) is 0 Å². The molecule has 0 spiro atoms. The summed E-state index contributed by atoms with van der Waals surface area (Å²) in [5, 5.41) is 25.0. The summed E-state index contributed by atoms with van der Waals surface area (Å²) in [5.41, 5.74) is 10.7. The van der Waals surface area contributed by atoms with E-state index in [1.54, 1.807) is 13.8 Å². The largest absolute Gasteiger partial charge is 0.480 e. The highest BCUT2D eigenvalue weighted by molar-refractivity contribution is 5.92. The number of amides is 4. The van der Waals surface area contributed by atoms with Gasteiger partial charge in [0.1, 0.15) is 6.04 Å². The summed E-state index contributed by atoms with van der Waals surface area (Å²) in [6, 6.07) is -3.56. The molecule has 4 atom stereocenters. The number of hydrogen-bond donors (Lipinski definition) is 7. The number of carbonyl (C=O) groups excluding carboxylic acids is 4. The molecular formula is C16H29N5O7. The third-order valence-electron chi connectivity index (χ3n) is 3.77. The number of nitrogens with two attached hydrogens (primary N) is 2. The van der Waals surface area contributed by atoms with Crippen molar-refractivity contribution >= 4 is 29.6 Å². The fraction of sp³-hybridized carbons (Fsp3) is 0.688. The molecular weight excluding hydrogens is 374 g/mol.